The topological polar surface area (TPSA) is 56.5 Å². The summed E-state index contributed by atoms with van der Waals surface area (Å²) in [5.74, 6) is 0.286. The number of likely N-dealkylation sites (tertiary alicyclic amines) is 1. The maximum absolute atomic E-state index is 13.1. The first kappa shape index (κ1) is 16.4. The molecule has 1 aliphatic rings. The zero-order chi connectivity index (χ0) is 17.1. The molecule has 2 atom stereocenters. The van der Waals surface area contributed by atoms with E-state index in [1.165, 1.54) is 12.1 Å². The Morgan fingerprint density at radius 1 is 1.29 bits per heavy atom. The molecule has 1 heterocycles. The Morgan fingerprint density at radius 3 is 2.71 bits per heavy atom. The molecule has 2 aromatic rings. The van der Waals surface area contributed by atoms with Crippen LogP contribution in [0.25, 0.3) is 0 Å². The van der Waals surface area contributed by atoms with E-state index < -0.39 is 6.10 Å². The molecule has 1 aliphatic heterocycles. The average molecular weight is 326 g/mol. The maximum atomic E-state index is 13.1. The van der Waals surface area contributed by atoms with E-state index in [1.54, 1.807) is 25.3 Å². The molecule has 0 spiro atoms. The minimum absolute atomic E-state index is 0.0437. The highest BCUT2D eigenvalue weighted by Crippen LogP contribution is 2.34. The van der Waals surface area contributed by atoms with Gasteiger partial charge in [0.25, 0.3) is 0 Å². The van der Waals surface area contributed by atoms with E-state index in [2.05, 4.69) is 11.0 Å². The highest BCUT2D eigenvalue weighted by atomic mass is 19.1. The summed E-state index contributed by atoms with van der Waals surface area (Å²) < 4.78 is 18.4. The highest BCUT2D eigenvalue weighted by molar-refractivity contribution is 5.45. The monoisotopic (exact) mass is 326 g/mol. The van der Waals surface area contributed by atoms with Crippen LogP contribution in [-0.4, -0.2) is 29.8 Å². The van der Waals surface area contributed by atoms with E-state index in [9.17, 15) is 9.50 Å². The first-order valence-electron chi connectivity index (χ1n) is 7.85. The van der Waals surface area contributed by atoms with Crippen molar-refractivity contribution in [3.05, 3.63) is 65.0 Å². The van der Waals surface area contributed by atoms with Crippen molar-refractivity contribution in [1.29, 1.82) is 5.26 Å². The standard InChI is InChI=1S/C19H19FN2O2/c1-24-19-8-13(2-3-15(19)10-21)11-22-12-17(23)9-18(22)14-4-6-16(20)7-5-14/h2-8,17-18,23H,9,11-12H2,1H3. The van der Waals surface area contributed by atoms with Gasteiger partial charge in [0, 0.05) is 19.1 Å². The Morgan fingerprint density at radius 2 is 2.04 bits per heavy atom. The number of benzene rings is 2. The van der Waals surface area contributed by atoms with Gasteiger partial charge < -0.3 is 9.84 Å². The van der Waals surface area contributed by atoms with Gasteiger partial charge in [-0.05, 0) is 41.8 Å². The third kappa shape index (κ3) is 3.40. The van der Waals surface area contributed by atoms with Crippen LogP contribution in [0.15, 0.2) is 42.5 Å². The molecule has 0 aromatic heterocycles. The number of halogens is 1. The number of ether oxygens (including phenoxy) is 1. The van der Waals surface area contributed by atoms with Gasteiger partial charge in [0.2, 0.25) is 0 Å². The Bertz CT molecular complexity index is 755. The van der Waals surface area contributed by atoms with Crippen LogP contribution in [0.1, 0.15) is 29.2 Å². The lowest BCUT2D eigenvalue weighted by Gasteiger charge is -2.24. The zero-order valence-corrected chi connectivity index (χ0v) is 13.4. The number of nitriles is 1. The van der Waals surface area contributed by atoms with E-state index in [-0.39, 0.29) is 11.9 Å². The second-order valence-electron chi connectivity index (χ2n) is 6.03. The number of aliphatic hydroxyl groups excluding tert-OH is 1. The van der Waals surface area contributed by atoms with Crippen LogP contribution in [0.5, 0.6) is 5.75 Å². The lowest BCUT2D eigenvalue weighted by atomic mass is 10.0. The van der Waals surface area contributed by atoms with Crippen molar-refractivity contribution in [2.75, 3.05) is 13.7 Å². The largest absolute Gasteiger partial charge is 0.495 e. The molecule has 1 fully saturated rings. The lowest BCUT2D eigenvalue weighted by Crippen LogP contribution is -2.24. The van der Waals surface area contributed by atoms with Crippen LogP contribution < -0.4 is 4.74 Å². The first-order valence-corrected chi connectivity index (χ1v) is 7.85. The van der Waals surface area contributed by atoms with E-state index in [1.807, 2.05) is 12.1 Å². The predicted molar refractivity (Wildman–Crippen MR) is 87.9 cm³/mol. The van der Waals surface area contributed by atoms with Crippen LogP contribution in [0, 0.1) is 17.1 Å². The van der Waals surface area contributed by atoms with Crippen LogP contribution in [-0.2, 0) is 6.54 Å². The zero-order valence-electron chi connectivity index (χ0n) is 13.4. The van der Waals surface area contributed by atoms with Crippen molar-refractivity contribution in [3.63, 3.8) is 0 Å². The number of hydrogen-bond acceptors (Lipinski definition) is 4. The Kier molecular flexibility index (Phi) is 4.79. The number of aliphatic hydroxyl groups is 1. The minimum Gasteiger partial charge on any atom is -0.495 e. The van der Waals surface area contributed by atoms with Crippen molar-refractivity contribution in [2.45, 2.75) is 25.1 Å². The Labute approximate surface area is 140 Å². The molecule has 1 saturated heterocycles. The Balaban J connectivity index is 1.82. The molecule has 5 heteroatoms. The van der Waals surface area contributed by atoms with E-state index in [0.29, 0.717) is 30.8 Å². The SMILES string of the molecule is COc1cc(CN2CC(O)CC2c2ccc(F)cc2)ccc1C#N. The quantitative estimate of drug-likeness (QED) is 0.938. The van der Waals surface area contributed by atoms with Gasteiger partial charge in [-0.1, -0.05) is 18.2 Å². The lowest BCUT2D eigenvalue weighted by molar-refractivity contribution is 0.172. The van der Waals surface area contributed by atoms with Crippen LogP contribution >= 0.6 is 0 Å². The number of nitrogens with zero attached hydrogens (tertiary/aromatic N) is 2. The third-order valence-corrected chi connectivity index (χ3v) is 4.41. The number of methoxy groups -OCH3 is 1. The first-order chi connectivity index (χ1) is 11.6. The normalized spacial score (nSPS) is 20.8. The van der Waals surface area contributed by atoms with Crippen molar-refractivity contribution in [1.82, 2.24) is 4.90 Å². The molecule has 0 saturated carbocycles. The second-order valence-corrected chi connectivity index (χ2v) is 6.03. The summed E-state index contributed by atoms with van der Waals surface area (Å²) >= 11 is 0. The molecule has 24 heavy (non-hydrogen) atoms. The van der Waals surface area contributed by atoms with Crippen molar-refractivity contribution >= 4 is 0 Å². The molecule has 2 unspecified atom stereocenters. The van der Waals surface area contributed by atoms with E-state index >= 15 is 0 Å². The summed E-state index contributed by atoms with van der Waals surface area (Å²) in [5, 5.41) is 19.1. The fraction of sp³-hybridized carbons (Fsp3) is 0.316. The van der Waals surface area contributed by atoms with Gasteiger partial charge in [-0.2, -0.15) is 5.26 Å². The molecule has 4 nitrogen and oxygen atoms in total. The van der Waals surface area contributed by atoms with Crippen LogP contribution in [0.2, 0.25) is 0 Å². The summed E-state index contributed by atoms with van der Waals surface area (Å²) in [6.07, 6.45) is 0.222. The molecular weight excluding hydrogens is 307 g/mol. The number of rotatable bonds is 4. The molecule has 0 aliphatic carbocycles. The fourth-order valence-electron chi connectivity index (χ4n) is 3.25. The third-order valence-electron chi connectivity index (χ3n) is 4.41. The van der Waals surface area contributed by atoms with Crippen molar-refractivity contribution < 1.29 is 14.2 Å². The summed E-state index contributed by atoms with van der Waals surface area (Å²) in [5.41, 5.74) is 2.50. The molecule has 2 aromatic carbocycles. The molecule has 1 N–H and O–H groups in total. The molecule has 124 valence electrons. The van der Waals surface area contributed by atoms with Gasteiger partial charge in [-0.3, -0.25) is 4.90 Å². The second kappa shape index (κ2) is 7.00. The highest BCUT2D eigenvalue weighted by Gasteiger charge is 2.32. The Hall–Kier alpha value is -2.42. The summed E-state index contributed by atoms with van der Waals surface area (Å²) in [7, 11) is 1.54. The van der Waals surface area contributed by atoms with Gasteiger partial charge in [-0.15, -0.1) is 0 Å². The molecule has 0 radical (unpaired) electrons. The fourth-order valence-corrected chi connectivity index (χ4v) is 3.25. The van der Waals surface area contributed by atoms with Gasteiger partial charge in [0.05, 0.1) is 18.8 Å². The van der Waals surface area contributed by atoms with E-state index in [0.717, 1.165) is 11.1 Å². The van der Waals surface area contributed by atoms with Gasteiger partial charge in [-0.25, -0.2) is 4.39 Å². The van der Waals surface area contributed by atoms with E-state index in [4.69, 9.17) is 10.00 Å². The van der Waals surface area contributed by atoms with Gasteiger partial charge in [0.15, 0.2) is 0 Å². The summed E-state index contributed by atoms with van der Waals surface area (Å²) in [4.78, 5) is 2.17. The van der Waals surface area contributed by atoms with Crippen molar-refractivity contribution in [2.24, 2.45) is 0 Å². The smallest absolute Gasteiger partial charge is 0.136 e. The maximum Gasteiger partial charge on any atom is 0.136 e. The molecule has 0 bridgehead atoms. The number of β-amino-alcohol motifs (C(OH)–C–C–N with tert-alkyl or cyclic N) is 1. The van der Waals surface area contributed by atoms with Gasteiger partial charge >= 0.3 is 0 Å². The molecule has 3 rings (SSSR count). The molecule has 0 amide bonds. The van der Waals surface area contributed by atoms with Crippen LogP contribution in [0.4, 0.5) is 4.39 Å². The van der Waals surface area contributed by atoms with Crippen molar-refractivity contribution in [3.8, 4) is 11.8 Å². The predicted octanol–water partition coefficient (Wildman–Crippen LogP) is 3.01. The minimum atomic E-state index is -0.402. The summed E-state index contributed by atoms with van der Waals surface area (Å²) in [6.45, 7) is 1.19. The van der Waals surface area contributed by atoms with Crippen LogP contribution in [0.3, 0.4) is 0 Å². The number of hydrogen-bond donors (Lipinski definition) is 1. The summed E-state index contributed by atoms with van der Waals surface area (Å²) in [6, 6.07) is 14.1. The molecular formula is C19H19FN2O2. The van der Waals surface area contributed by atoms with Gasteiger partial charge in [0.1, 0.15) is 17.6 Å². The average Bonchev–Trinajstić information content (AvgIpc) is 2.95.